The van der Waals surface area contributed by atoms with Gasteiger partial charge in [0.1, 0.15) is 11.5 Å². The van der Waals surface area contributed by atoms with Crippen LogP contribution in [0.3, 0.4) is 0 Å². The van der Waals surface area contributed by atoms with Gasteiger partial charge in [-0.25, -0.2) is 0 Å². The van der Waals surface area contributed by atoms with Gasteiger partial charge in [-0.3, -0.25) is 4.90 Å². The first-order valence-corrected chi connectivity index (χ1v) is 11.9. The molecule has 3 rings (SSSR count). The molecule has 1 fully saturated rings. The monoisotopic (exact) mass is 440 g/mol. The lowest BCUT2D eigenvalue weighted by atomic mass is 9.96. The summed E-state index contributed by atoms with van der Waals surface area (Å²) in [5.74, 6) is 2.58. The van der Waals surface area contributed by atoms with Crippen molar-refractivity contribution in [3.8, 4) is 11.5 Å². The van der Waals surface area contributed by atoms with Gasteiger partial charge in [0, 0.05) is 38.9 Å². The van der Waals surface area contributed by atoms with E-state index in [4.69, 9.17) is 14.2 Å². The van der Waals surface area contributed by atoms with Crippen molar-refractivity contribution in [2.45, 2.75) is 39.3 Å². The van der Waals surface area contributed by atoms with Gasteiger partial charge in [0.05, 0.1) is 20.8 Å². The van der Waals surface area contributed by atoms with Crippen LogP contribution in [0.2, 0.25) is 0 Å². The van der Waals surface area contributed by atoms with E-state index in [0.717, 1.165) is 55.6 Å². The van der Waals surface area contributed by atoms with Crippen LogP contribution in [0.25, 0.3) is 0 Å². The SMILES string of the molecule is CCN(Cc1ccc(OC)c(COC)c1)C[C@@H]1CCCN(CCc2cccc(OC)c2)C1. The number of hydrogen-bond acceptors (Lipinski definition) is 5. The van der Waals surface area contributed by atoms with Crippen molar-refractivity contribution in [2.75, 3.05) is 54.1 Å². The minimum Gasteiger partial charge on any atom is -0.497 e. The zero-order chi connectivity index (χ0) is 22.8. The summed E-state index contributed by atoms with van der Waals surface area (Å²) < 4.78 is 16.2. The van der Waals surface area contributed by atoms with E-state index in [-0.39, 0.29) is 0 Å². The maximum absolute atomic E-state index is 5.48. The van der Waals surface area contributed by atoms with Crippen molar-refractivity contribution in [3.05, 3.63) is 59.2 Å². The average molecular weight is 441 g/mol. The Balaban J connectivity index is 1.52. The number of ether oxygens (including phenoxy) is 3. The van der Waals surface area contributed by atoms with Crippen LogP contribution in [0.15, 0.2) is 42.5 Å². The van der Waals surface area contributed by atoms with Gasteiger partial charge in [-0.1, -0.05) is 25.1 Å². The van der Waals surface area contributed by atoms with Crippen LogP contribution in [0.1, 0.15) is 36.5 Å². The van der Waals surface area contributed by atoms with Crippen molar-refractivity contribution in [3.63, 3.8) is 0 Å². The lowest BCUT2D eigenvalue weighted by Gasteiger charge is -2.35. The molecule has 1 aliphatic heterocycles. The fourth-order valence-corrected chi connectivity index (χ4v) is 4.75. The smallest absolute Gasteiger partial charge is 0.124 e. The van der Waals surface area contributed by atoms with Gasteiger partial charge in [0.15, 0.2) is 0 Å². The van der Waals surface area contributed by atoms with E-state index in [1.165, 1.54) is 37.1 Å². The fourth-order valence-electron chi connectivity index (χ4n) is 4.75. The summed E-state index contributed by atoms with van der Waals surface area (Å²) in [6.45, 7) is 9.55. The van der Waals surface area contributed by atoms with E-state index >= 15 is 0 Å². The molecular weight excluding hydrogens is 400 g/mol. The molecule has 1 saturated heterocycles. The van der Waals surface area contributed by atoms with Gasteiger partial charge in [-0.15, -0.1) is 0 Å². The van der Waals surface area contributed by atoms with E-state index in [9.17, 15) is 0 Å². The minimum absolute atomic E-state index is 0.577. The minimum atomic E-state index is 0.577. The lowest BCUT2D eigenvalue weighted by Crippen LogP contribution is -2.41. The molecule has 1 aliphatic rings. The van der Waals surface area contributed by atoms with Crippen molar-refractivity contribution in [2.24, 2.45) is 5.92 Å². The van der Waals surface area contributed by atoms with Crippen molar-refractivity contribution in [1.82, 2.24) is 9.80 Å². The second-order valence-corrected chi connectivity index (χ2v) is 8.82. The molecule has 0 aliphatic carbocycles. The maximum Gasteiger partial charge on any atom is 0.124 e. The Morgan fingerprint density at radius 2 is 1.91 bits per heavy atom. The Morgan fingerprint density at radius 1 is 1.03 bits per heavy atom. The number of nitrogens with zero attached hydrogens (tertiary/aromatic N) is 2. The largest absolute Gasteiger partial charge is 0.497 e. The van der Waals surface area contributed by atoms with Crippen LogP contribution in [-0.2, 0) is 24.3 Å². The second-order valence-electron chi connectivity index (χ2n) is 8.82. The molecular formula is C27H40N2O3. The highest BCUT2D eigenvalue weighted by atomic mass is 16.5. The highest BCUT2D eigenvalue weighted by Crippen LogP contribution is 2.23. The molecule has 5 heteroatoms. The Labute approximate surface area is 194 Å². The molecule has 0 aromatic heterocycles. The molecule has 0 amide bonds. The maximum atomic E-state index is 5.48. The Kier molecular flexibility index (Phi) is 9.85. The predicted molar refractivity (Wildman–Crippen MR) is 131 cm³/mol. The first-order valence-electron chi connectivity index (χ1n) is 11.9. The Morgan fingerprint density at radius 3 is 2.66 bits per heavy atom. The molecule has 1 atom stereocenters. The van der Waals surface area contributed by atoms with Crippen molar-refractivity contribution < 1.29 is 14.2 Å². The summed E-state index contributed by atoms with van der Waals surface area (Å²) in [6, 6.07) is 14.9. The molecule has 176 valence electrons. The summed E-state index contributed by atoms with van der Waals surface area (Å²) in [5, 5.41) is 0. The third-order valence-electron chi connectivity index (χ3n) is 6.47. The number of likely N-dealkylation sites (tertiary alicyclic amines) is 1. The molecule has 0 N–H and O–H groups in total. The molecule has 1 heterocycles. The number of methoxy groups -OCH3 is 3. The van der Waals surface area contributed by atoms with Crippen LogP contribution in [0, 0.1) is 5.92 Å². The van der Waals surface area contributed by atoms with Crippen molar-refractivity contribution >= 4 is 0 Å². The van der Waals surface area contributed by atoms with E-state index in [1.807, 2.05) is 6.07 Å². The van der Waals surface area contributed by atoms with E-state index < -0.39 is 0 Å². The van der Waals surface area contributed by atoms with Crippen LogP contribution >= 0.6 is 0 Å². The first kappa shape index (κ1) is 24.6. The summed E-state index contributed by atoms with van der Waals surface area (Å²) in [4.78, 5) is 5.22. The topological polar surface area (TPSA) is 34.2 Å². The third-order valence-corrected chi connectivity index (χ3v) is 6.47. The summed E-state index contributed by atoms with van der Waals surface area (Å²) in [6.07, 6.45) is 3.69. The molecule has 0 spiro atoms. The van der Waals surface area contributed by atoms with Gasteiger partial charge in [0.25, 0.3) is 0 Å². The zero-order valence-electron chi connectivity index (χ0n) is 20.3. The van der Waals surface area contributed by atoms with Crippen LogP contribution in [-0.4, -0.2) is 63.9 Å². The number of benzene rings is 2. The fraction of sp³-hybridized carbons (Fsp3) is 0.556. The van der Waals surface area contributed by atoms with Gasteiger partial charge in [0.2, 0.25) is 0 Å². The molecule has 0 bridgehead atoms. The van der Waals surface area contributed by atoms with Gasteiger partial charge >= 0.3 is 0 Å². The van der Waals surface area contributed by atoms with E-state index in [2.05, 4.69) is 53.1 Å². The predicted octanol–water partition coefficient (Wildman–Crippen LogP) is 4.63. The number of hydrogen-bond donors (Lipinski definition) is 0. The standard InChI is InChI=1S/C27H40N2O3/c1-5-28(18-23-11-12-27(32-4)25(16-23)21-30-2)19-24-9-7-14-29(20-24)15-13-22-8-6-10-26(17-22)31-3/h6,8,10-12,16-17,24H,5,7,9,13-15,18-21H2,1-4H3/t24-/m0/s1. The quantitative estimate of drug-likeness (QED) is 0.481. The molecule has 0 saturated carbocycles. The molecule has 0 unspecified atom stereocenters. The third kappa shape index (κ3) is 7.22. The molecule has 2 aromatic carbocycles. The van der Waals surface area contributed by atoms with Crippen LogP contribution in [0.4, 0.5) is 0 Å². The van der Waals surface area contributed by atoms with Crippen LogP contribution < -0.4 is 9.47 Å². The van der Waals surface area contributed by atoms with Gasteiger partial charge in [-0.05, 0) is 73.7 Å². The Bertz CT molecular complexity index is 826. The molecule has 5 nitrogen and oxygen atoms in total. The summed E-state index contributed by atoms with van der Waals surface area (Å²) >= 11 is 0. The van der Waals surface area contributed by atoms with E-state index in [1.54, 1.807) is 21.3 Å². The Hall–Kier alpha value is -2.08. The lowest BCUT2D eigenvalue weighted by molar-refractivity contribution is 0.133. The van der Waals surface area contributed by atoms with Gasteiger partial charge < -0.3 is 19.1 Å². The summed E-state index contributed by atoms with van der Waals surface area (Å²) in [7, 11) is 5.18. The number of rotatable bonds is 12. The van der Waals surface area contributed by atoms with Crippen LogP contribution in [0.5, 0.6) is 11.5 Å². The second kappa shape index (κ2) is 12.8. The normalized spacial score (nSPS) is 17.0. The zero-order valence-corrected chi connectivity index (χ0v) is 20.3. The summed E-state index contributed by atoms with van der Waals surface area (Å²) in [5.41, 5.74) is 3.79. The number of piperidine rings is 1. The average Bonchev–Trinajstić information content (AvgIpc) is 2.83. The van der Waals surface area contributed by atoms with Crippen molar-refractivity contribution in [1.29, 1.82) is 0 Å². The highest BCUT2D eigenvalue weighted by Gasteiger charge is 2.22. The first-order chi connectivity index (χ1) is 15.6. The van der Waals surface area contributed by atoms with E-state index in [0.29, 0.717) is 6.61 Å². The molecule has 32 heavy (non-hydrogen) atoms. The molecule has 0 radical (unpaired) electrons. The molecule has 2 aromatic rings. The van der Waals surface area contributed by atoms with Gasteiger partial charge in [-0.2, -0.15) is 0 Å². The highest BCUT2D eigenvalue weighted by molar-refractivity contribution is 5.37.